The molecule has 0 aliphatic carbocycles. The van der Waals surface area contributed by atoms with Crippen LogP contribution in [0.2, 0.25) is 0 Å². The summed E-state index contributed by atoms with van der Waals surface area (Å²) in [5.41, 5.74) is 4.14. The van der Waals surface area contributed by atoms with Gasteiger partial charge in [0.05, 0.1) is 16.8 Å². The molecule has 1 aliphatic heterocycles. The van der Waals surface area contributed by atoms with E-state index in [2.05, 4.69) is 24.9 Å². The van der Waals surface area contributed by atoms with Gasteiger partial charge in [-0.1, -0.05) is 18.2 Å². The van der Waals surface area contributed by atoms with Crippen molar-refractivity contribution in [3.63, 3.8) is 0 Å². The minimum Gasteiger partial charge on any atom is -0.341 e. The fourth-order valence-electron chi connectivity index (χ4n) is 4.12. The van der Waals surface area contributed by atoms with Gasteiger partial charge in [-0.05, 0) is 31.9 Å². The number of aromatic amines is 1. The molecule has 1 fully saturated rings. The topological polar surface area (TPSA) is 87.7 Å². The number of para-hydroxylation sites is 1. The van der Waals surface area contributed by atoms with Crippen LogP contribution in [0.3, 0.4) is 0 Å². The third kappa shape index (κ3) is 3.43. The summed E-state index contributed by atoms with van der Waals surface area (Å²) in [5, 5.41) is 0.973. The molecular formula is C23H22N6O. The number of nitrogens with one attached hydrogen (secondary N) is 1. The Labute approximate surface area is 174 Å². The first-order valence-electron chi connectivity index (χ1n) is 10.2. The molecular weight excluding hydrogens is 376 g/mol. The summed E-state index contributed by atoms with van der Waals surface area (Å²) in [6, 6.07) is 9.77. The van der Waals surface area contributed by atoms with E-state index in [1.807, 2.05) is 42.2 Å². The highest BCUT2D eigenvalue weighted by atomic mass is 16.2. The summed E-state index contributed by atoms with van der Waals surface area (Å²) >= 11 is 0. The van der Waals surface area contributed by atoms with Gasteiger partial charge in [0.2, 0.25) is 0 Å². The molecule has 1 unspecified atom stereocenters. The number of likely N-dealkylation sites (tertiary alicyclic amines) is 1. The normalized spacial score (nSPS) is 16.7. The number of imidazole rings is 1. The fraction of sp³-hybridized carbons (Fsp3) is 0.261. The van der Waals surface area contributed by atoms with Gasteiger partial charge in [0, 0.05) is 54.9 Å². The number of nitrogens with zero attached hydrogens (tertiary/aromatic N) is 5. The summed E-state index contributed by atoms with van der Waals surface area (Å²) in [6.45, 7) is 3.31. The minimum atomic E-state index is 0.0113. The fourth-order valence-corrected chi connectivity index (χ4v) is 4.12. The lowest BCUT2D eigenvalue weighted by Crippen LogP contribution is -2.39. The molecule has 1 saturated heterocycles. The monoisotopic (exact) mass is 398 g/mol. The average Bonchev–Trinajstić information content (AvgIpc) is 3.24. The highest BCUT2D eigenvalue weighted by molar-refractivity contribution is 5.97. The van der Waals surface area contributed by atoms with Gasteiger partial charge >= 0.3 is 0 Å². The summed E-state index contributed by atoms with van der Waals surface area (Å²) < 4.78 is 0. The number of carbonyl (C=O) groups excluding carboxylic acids is 1. The van der Waals surface area contributed by atoms with Crippen LogP contribution in [-0.4, -0.2) is 48.8 Å². The zero-order valence-corrected chi connectivity index (χ0v) is 16.7. The number of aromatic nitrogens is 5. The van der Waals surface area contributed by atoms with Crippen LogP contribution in [0, 0.1) is 6.92 Å². The van der Waals surface area contributed by atoms with Crippen molar-refractivity contribution in [1.29, 1.82) is 0 Å². The van der Waals surface area contributed by atoms with Crippen molar-refractivity contribution >= 4 is 16.8 Å². The maximum atomic E-state index is 13.2. The van der Waals surface area contributed by atoms with E-state index < -0.39 is 0 Å². The number of rotatable bonds is 3. The number of fused-ring (bicyclic) bond motifs is 1. The van der Waals surface area contributed by atoms with Crippen molar-refractivity contribution in [3.05, 3.63) is 72.1 Å². The average molecular weight is 398 g/mol. The smallest absolute Gasteiger partial charge is 0.255 e. The molecule has 0 saturated carbocycles. The first-order chi connectivity index (χ1) is 14.7. The van der Waals surface area contributed by atoms with Crippen molar-refractivity contribution in [2.24, 2.45) is 0 Å². The van der Waals surface area contributed by atoms with Crippen molar-refractivity contribution in [1.82, 2.24) is 29.8 Å². The summed E-state index contributed by atoms with van der Waals surface area (Å²) in [4.78, 5) is 36.4. The number of hydrogen-bond acceptors (Lipinski definition) is 5. The van der Waals surface area contributed by atoms with E-state index in [0.29, 0.717) is 12.1 Å². The van der Waals surface area contributed by atoms with Crippen molar-refractivity contribution in [2.45, 2.75) is 25.7 Å². The predicted octanol–water partition coefficient (Wildman–Crippen LogP) is 3.74. The van der Waals surface area contributed by atoms with Gasteiger partial charge in [-0.3, -0.25) is 14.8 Å². The molecule has 4 heterocycles. The quantitative estimate of drug-likeness (QED) is 0.568. The zero-order chi connectivity index (χ0) is 20.5. The molecule has 3 aromatic heterocycles. The molecule has 1 aromatic carbocycles. The predicted molar refractivity (Wildman–Crippen MR) is 114 cm³/mol. The van der Waals surface area contributed by atoms with Gasteiger partial charge in [-0.15, -0.1) is 0 Å². The zero-order valence-electron chi connectivity index (χ0n) is 16.7. The molecule has 1 amide bonds. The van der Waals surface area contributed by atoms with E-state index in [-0.39, 0.29) is 11.8 Å². The molecule has 30 heavy (non-hydrogen) atoms. The van der Waals surface area contributed by atoms with Gasteiger partial charge in [-0.2, -0.15) is 0 Å². The summed E-state index contributed by atoms with van der Waals surface area (Å²) in [7, 11) is 0. The first-order valence-corrected chi connectivity index (χ1v) is 10.2. The number of piperidine rings is 1. The van der Waals surface area contributed by atoms with Crippen LogP contribution in [-0.2, 0) is 0 Å². The Hall–Kier alpha value is -3.61. The number of amides is 1. The van der Waals surface area contributed by atoms with Crippen LogP contribution in [0.1, 0.15) is 40.5 Å². The number of benzene rings is 1. The molecule has 7 nitrogen and oxygen atoms in total. The van der Waals surface area contributed by atoms with Crippen LogP contribution in [0.4, 0.5) is 0 Å². The highest BCUT2D eigenvalue weighted by Crippen LogP contribution is 2.31. The Balaban J connectivity index is 1.42. The Bertz CT molecular complexity index is 1220. The molecule has 4 aromatic rings. The molecule has 0 spiro atoms. The number of H-pyrrole nitrogens is 1. The van der Waals surface area contributed by atoms with Gasteiger partial charge < -0.3 is 9.88 Å². The minimum absolute atomic E-state index is 0.0113. The second-order valence-corrected chi connectivity index (χ2v) is 7.71. The van der Waals surface area contributed by atoms with E-state index >= 15 is 0 Å². The third-order valence-corrected chi connectivity index (χ3v) is 5.59. The van der Waals surface area contributed by atoms with Crippen molar-refractivity contribution < 1.29 is 4.79 Å². The molecule has 5 rings (SSSR count). The van der Waals surface area contributed by atoms with Gasteiger partial charge in [-0.25, -0.2) is 9.97 Å². The summed E-state index contributed by atoms with van der Waals surface area (Å²) in [5.74, 6) is 0.847. The maximum absolute atomic E-state index is 13.2. The standard InChI is InChI=1S/C23H22N6O/c1-15-12-27-22(28-15)21-20(24-8-9-25-21)17-6-4-10-29(14-17)23(30)18-11-16-5-2-3-7-19(16)26-13-18/h2-3,5,7-9,11-13,17H,4,6,10,14H2,1H3,(H,27,28). The van der Waals surface area contributed by atoms with E-state index in [9.17, 15) is 4.79 Å². The second kappa shape index (κ2) is 7.67. The molecule has 0 bridgehead atoms. The van der Waals surface area contributed by atoms with Gasteiger partial charge in [0.15, 0.2) is 5.82 Å². The van der Waals surface area contributed by atoms with E-state index in [0.717, 1.165) is 53.2 Å². The molecule has 150 valence electrons. The first kappa shape index (κ1) is 18.4. The van der Waals surface area contributed by atoms with Crippen molar-refractivity contribution in [3.8, 4) is 11.5 Å². The molecule has 1 atom stereocenters. The second-order valence-electron chi connectivity index (χ2n) is 7.71. The summed E-state index contributed by atoms with van der Waals surface area (Å²) in [6.07, 6.45) is 8.74. The molecule has 1 aliphatic rings. The SMILES string of the molecule is Cc1cnc(-c2nccnc2C2CCCN(C(=O)c3cnc4ccccc4c3)C2)[nH]1. The number of carbonyl (C=O) groups is 1. The number of aryl methyl sites for hydroxylation is 1. The van der Waals surface area contributed by atoms with Crippen molar-refractivity contribution in [2.75, 3.05) is 13.1 Å². The lowest BCUT2D eigenvalue weighted by Gasteiger charge is -2.33. The van der Waals surface area contributed by atoms with Crippen LogP contribution in [0.5, 0.6) is 0 Å². The van der Waals surface area contributed by atoms with Gasteiger partial charge in [0.1, 0.15) is 5.69 Å². The Kier molecular flexibility index (Phi) is 4.71. The maximum Gasteiger partial charge on any atom is 0.255 e. The van der Waals surface area contributed by atoms with Gasteiger partial charge in [0.25, 0.3) is 5.91 Å². The third-order valence-electron chi connectivity index (χ3n) is 5.59. The Morgan fingerprint density at radius 3 is 2.83 bits per heavy atom. The number of hydrogen-bond donors (Lipinski definition) is 1. The lowest BCUT2D eigenvalue weighted by atomic mass is 9.92. The molecule has 7 heteroatoms. The van der Waals surface area contributed by atoms with Crippen LogP contribution >= 0.6 is 0 Å². The molecule has 0 radical (unpaired) electrons. The van der Waals surface area contributed by atoms with Crippen LogP contribution < -0.4 is 0 Å². The number of pyridine rings is 1. The van der Waals surface area contributed by atoms with E-state index in [1.54, 1.807) is 24.8 Å². The lowest BCUT2D eigenvalue weighted by molar-refractivity contribution is 0.0705. The van der Waals surface area contributed by atoms with Crippen LogP contribution in [0.25, 0.3) is 22.4 Å². The highest BCUT2D eigenvalue weighted by Gasteiger charge is 2.29. The molecule has 1 N–H and O–H groups in total. The Morgan fingerprint density at radius 1 is 1.10 bits per heavy atom. The Morgan fingerprint density at radius 2 is 1.97 bits per heavy atom. The van der Waals surface area contributed by atoms with Crippen LogP contribution in [0.15, 0.2) is 55.1 Å². The van der Waals surface area contributed by atoms with E-state index in [1.165, 1.54) is 0 Å². The largest absolute Gasteiger partial charge is 0.341 e. The van der Waals surface area contributed by atoms with E-state index in [4.69, 9.17) is 0 Å².